The van der Waals surface area contributed by atoms with Crippen molar-refractivity contribution < 1.29 is 17.6 Å². The zero-order valence-corrected chi connectivity index (χ0v) is 14.1. The van der Waals surface area contributed by atoms with Crippen LogP contribution in [0.2, 0.25) is 0 Å². The third-order valence-corrected chi connectivity index (χ3v) is 5.57. The molecule has 0 bridgehead atoms. The largest absolute Gasteiger partial charge is 0.493 e. The number of hydrogen-bond acceptors (Lipinski definition) is 5. The molecule has 1 aromatic carbocycles. The summed E-state index contributed by atoms with van der Waals surface area (Å²) in [6, 6.07) is 9.91. The molecule has 8 heteroatoms. The van der Waals surface area contributed by atoms with Gasteiger partial charge in [0.25, 0.3) is 0 Å². The van der Waals surface area contributed by atoms with Crippen molar-refractivity contribution in [1.29, 1.82) is 0 Å². The van der Waals surface area contributed by atoms with Gasteiger partial charge in [0.15, 0.2) is 0 Å². The molecule has 0 amide bonds. The maximum atomic E-state index is 12.7. The molecule has 0 saturated heterocycles. The van der Waals surface area contributed by atoms with E-state index >= 15 is 0 Å². The molecular formula is C17H17N3O4S. The first kappa shape index (κ1) is 15.9. The number of benzene rings is 1. The molecule has 0 spiro atoms. The van der Waals surface area contributed by atoms with Crippen LogP contribution in [0.4, 0.5) is 0 Å². The fourth-order valence-corrected chi connectivity index (χ4v) is 3.96. The third-order valence-electron chi connectivity index (χ3n) is 4.15. The maximum absolute atomic E-state index is 12.7. The average Bonchev–Trinajstić information content (AvgIpc) is 3.36. The minimum atomic E-state index is -3.65. The molecular weight excluding hydrogens is 342 g/mol. The van der Waals surface area contributed by atoms with E-state index < -0.39 is 10.0 Å². The standard InChI is InChI=1S/C17H17N3O4S/c21-25(22,14-4-5-16-13(11-14)6-10-24-16)19-12-15(17-3-1-9-23-17)20-8-2-7-18-20/h1-5,7-9,11,15,19H,6,10,12H2. The third kappa shape index (κ3) is 3.18. The van der Waals surface area contributed by atoms with Crippen molar-refractivity contribution in [3.63, 3.8) is 0 Å². The molecule has 1 aliphatic rings. The summed E-state index contributed by atoms with van der Waals surface area (Å²) < 4.78 is 40.5. The summed E-state index contributed by atoms with van der Waals surface area (Å²) in [5.41, 5.74) is 0.914. The van der Waals surface area contributed by atoms with E-state index in [4.69, 9.17) is 9.15 Å². The fraction of sp³-hybridized carbons (Fsp3) is 0.235. The number of sulfonamides is 1. The van der Waals surface area contributed by atoms with Gasteiger partial charge >= 0.3 is 0 Å². The lowest BCUT2D eigenvalue weighted by molar-refractivity contribution is 0.356. The predicted octanol–water partition coefficient (Wildman–Crippen LogP) is 1.98. The van der Waals surface area contributed by atoms with Crippen LogP contribution >= 0.6 is 0 Å². The summed E-state index contributed by atoms with van der Waals surface area (Å²) in [5, 5.41) is 4.20. The number of rotatable bonds is 6. The summed E-state index contributed by atoms with van der Waals surface area (Å²) >= 11 is 0. The highest BCUT2D eigenvalue weighted by Crippen LogP contribution is 2.27. The molecule has 1 atom stereocenters. The van der Waals surface area contributed by atoms with Crippen molar-refractivity contribution in [1.82, 2.24) is 14.5 Å². The zero-order chi connectivity index (χ0) is 17.3. The molecule has 0 fully saturated rings. The second-order valence-electron chi connectivity index (χ2n) is 5.74. The molecule has 4 rings (SSSR count). The Balaban J connectivity index is 1.56. The van der Waals surface area contributed by atoms with E-state index in [1.54, 1.807) is 59.7 Å². The van der Waals surface area contributed by atoms with Gasteiger partial charge in [-0.1, -0.05) is 0 Å². The van der Waals surface area contributed by atoms with Crippen LogP contribution in [0.3, 0.4) is 0 Å². The van der Waals surface area contributed by atoms with E-state index in [0.29, 0.717) is 12.4 Å². The molecule has 0 saturated carbocycles. The Morgan fingerprint density at radius 2 is 2.20 bits per heavy atom. The van der Waals surface area contributed by atoms with Crippen LogP contribution in [0.25, 0.3) is 0 Å². The summed E-state index contributed by atoms with van der Waals surface area (Å²) in [6.07, 6.45) is 5.70. The Kier molecular flexibility index (Phi) is 4.06. The van der Waals surface area contributed by atoms with Gasteiger partial charge in [0.2, 0.25) is 10.0 Å². The molecule has 130 valence electrons. The Labute approximate surface area is 145 Å². The lowest BCUT2D eigenvalue weighted by atomic mass is 10.2. The first-order valence-electron chi connectivity index (χ1n) is 7.91. The second-order valence-corrected chi connectivity index (χ2v) is 7.50. The van der Waals surface area contributed by atoms with E-state index in [1.165, 1.54) is 0 Å². The van der Waals surface area contributed by atoms with Crippen LogP contribution in [0, 0.1) is 0 Å². The van der Waals surface area contributed by atoms with Gasteiger partial charge in [-0.25, -0.2) is 13.1 Å². The Hall–Kier alpha value is -2.58. The number of hydrogen-bond donors (Lipinski definition) is 1. The smallest absolute Gasteiger partial charge is 0.240 e. The van der Waals surface area contributed by atoms with Crippen molar-refractivity contribution in [2.24, 2.45) is 0 Å². The molecule has 0 radical (unpaired) electrons. The van der Waals surface area contributed by atoms with E-state index in [1.807, 2.05) is 0 Å². The second kappa shape index (κ2) is 6.38. The molecule has 1 aliphatic heterocycles. The van der Waals surface area contributed by atoms with Crippen molar-refractivity contribution >= 4 is 10.0 Å². The van der Waals surface area contributed by atoms with Crippen LogP contribution in [0.15, 0.2) is 64.4 Å². The van der Waals surface area contributed by atoms with Crippen molar-refractivity contribution in [3.05, 3.63) is 66.4 Å². The molecule has 3 aromatic rings. The van der Waals surface area contributed by atoms with Crippen LogP contribution in [0.5, 0.6) is 5.75 Å². The normalized spacial score (nSPS) is 14.9. The molecule has 0 aliphatic carbocycles. The Morgan fingerprint density at radius 1 is 1.28 bits per heavy atom. The molecule has 7 nitrogen and oxygen atoms in total. The Bertz CT molecular complexity index is 916. The molecule has 3 heterocycles. The highest BCUT2D eigenvalue weighted by molar-refractivity contribution is 7.89. The van der Waals surface area contributed by atoms with Crippen molar-refractivity contribution in [3.8, 4) is 5.75 Å². The molecule has 2 aromatic heterocycles. The lowest BCUT2D eigenvalue weighted by Crippen LogP contribution is -2.31. The number of nitrogens with zero attached hydrogens (tertiary/aromatic N) is 2. The van der Waals surface area contributed by atoms with Gasteiger partial charge in [-0.2, -0.15) is 5.10 Å². The van der Waals surface area contributed by atoms with Crippen LogP contribution in [0.1, 0.15) is 17.4 Å². The number of fused-ring (bicyclic) bond motifs is 1. The fourth-order valence-electron chi connectivity index (χ4n) is 2.87. The van der Waals surface area contributed by atoms with Crippen LogP contribution in [-0.4, -0.2) is 31.3 Å². The number of aromatic nitrogens is 2. The minimum Gasteiger partial charge on any atom is -0.493 e. The number of ether oxygens (including phenoxy) is 1. The molecule has 1 N–H and O–H groups in total. The minimum absolute atomic E-state index is 0.130. The van der Waals surface area contributed by atoms with Crippen LogP contribution < -0.4 is 9.46 Å². The summed E-state index contributed by atoms with van der Waals surface area (Å²) in [6.45, 7) is 0.719. The van der Waals surface area contributed by atoms with Gasteiger partial charge in [0.1, 0.15) is 17.6 Å². The van der Waals surface area contributed by atoms with Gasteiger partial charge in [-0.05, 0) is 42.0 Å². The van der Waals surface area contributed by atoms with Gasteiger partial charge in [-0.15, -0.1) is 0 Å². The molecule has 1 unspecified atom stereocenters. The van der Waals surface area contributed by atoms with Crippen molar-refractivity contribution in [2.75, 3.05) is 13.2 Å². The summed E-state index contributed by atoms with van der Waals surface area (Å²) in [4.78, 5) is 0.232. The predicted molar refractivity (Wildman–Crippen MR) is 89.9 cm³/mol. The number of furan rings is 1. The first-order chi connectivity index (χ1) is 12.1. The first-order valence-corrected chi connectivity index (χ1v) is 9.40. The molecule has 25 heavy (non-hydrogen) atoms. The lowest BCUT2D eigenvalue weighted by Gasteiger charge is -2.16. The highest BCUT2D eigenvalue weighted by Gasteiger charge is 2.23. The van der Waals surface area contributed by atoms with E-state index in [9.17, 15) is 8.42 Å². The highest BCUT2D eigenvalue weighted by atomic mass is 32.2. The van der Waals surface area contributed by atoms with E-state index in [0.717, 1.165) is 17.7 Å². The Morgan fingerprint density at radius 3 is 2.96 bits per heavy atom. The topological polar surface area (TPSA) is 86.4 Å². The van der Waals surface area contributed by atoms with Gasteiger partial charge in [-0.3, -0.25) is 4.68 Å². The summed E-state index contributed by atoms with van der Waals surface area (Å²) in [7, 11) is -3.65. The van der Waals surface area contributed by atoms with E-state index in [-0.39, 0.29) is 17.5 Å². The van der Waals surface area contributed by atoms with Gasteiger partial charge < -0.3 is 9.15 Å². The quantitative estimate of drug-likeness (QED) is 0.727. The van der Waals surface area contributed by atoms with Crippen LogP contribution in [-0.2, 0) is 16.4 Å². The maximum Gasteiger partial charge on any atom is 0.240 e. The zero-order valence-electron chi connectivity index (χ0n) is 13.3. The van der Waals surface area contributed by atoms with Gasteiger partial charge in [0, 0.05) is 25.4 Å². The SMILES string of the molecule is O=S(=O)(NCC(c1ccco1)n1cccn1)c1ccc2c(c1)CCO2. The number of nitrogens with one attached hydrogen (secondary N) is 1. The average molecular weight is 359 g/mol. The monoisotopic (exact) mass is 359 g/mol. The van der Waals surface area contributed by atoms with Crippen molar-refractivity contribution in [2.45, 2.75) is 17.4 Å². The van der Waals surface area contributed by atoms with Gasteiger partial charge in [0.05, 0.1) is 17.8 Å². The summed E-state index contributed by atoms with van der Waals surface area (Å²) in [5.74, 6) is 1.39. The van der Waals surface area contributed by atoms with E-state index in [2.05, 4.69) is 9.82 Å².